The second kappa shape index (κ2) is 22.0. The van der Waals surface area contributed by atoms with Crippen LogP contribution in [0.1, 0.15) is 122 Å². The van der Waals surface area contributed by atoms with Crippen molar-refractivity contribution in [3.8, 4) is 0 Å². The van der Waals surface area contributed by atoms with Gasteiger partial charge in [0.15, 0.2) is 0 Å². The molecule has 0 saturated carbocycles. The average Bonchev–Trinajstić information content (AvgIpc) is 2.62. The number of unbranched alkanes of at least 4 members (excludes halogenated alkanes) is 14. The average molecular weight is 365 g/mol. The van der Waals surface area contributed by atoms with Gasteiger partial charge in [0.05, 0.1) is 0 Å². The van der Waals surface area contributed by atoms with Crippen molar-refractivity contribution in [2.24, 2.45) is 0 Å². The fraction of sp³-hybridized carbons (Fsp3) is 0.792. The van der Waals surface area contributed by atoms with Gasteiger partial charge in [-0.3, -0.25) is 4.79 Å². The van der Waals surface area contributed by atoms with Crippen molar-refractivity contribution in [1.29, 1.82) is 0 Å². The van der Waals surface area contributed by atoms with Crippen molar-refractivity contribution in [2.45, 2.75) is 122 Å². The number of carbonyl (C=O) groups is 1. The predicted octanol–water partition coefficient (Wildman–Crippen LogP) is 8.23. The van der Waals surface area contributed by atoms with Crippen LogP contribution < -0.4 is 0 Å². The molecule has 0 aliphatic heterocycles. The van der Waals surface area contributed by atoms with E-state index in [2.05, 4.69) is 31.2 Å². The number of rotatable bonds is 20. The zero-order valence-electron chi connectivity index (χ0n) is 17.4. The summed E-state index contributed by atoms with van der Waals surface area (Å²) in [4.78, 5) is 10.4. The van der Waals surface area contributed by atoms with Crippen LogP contribution in [-0.2, 0) is 4.79 Å². The van der Waals surface area contributed by atoms with E-state index in [0.717, 1.165) is 19.3 Å². The molecule has 152 valence electrons. The Balaban J connectivity index is 3.09. The Labute approximate surface area is 163 Å². The molecule has 2 nitrogen and oxygen atoms in total. The van der Waals surface area contributed by atoms with Crippen molar-refractivity contribution < 1.29 is 9.90 Å². The highest BCUT2D eigenvalue weighted by atomic mass is 16.4. The molecule has 0 unspecified atom stereocenters. The lowest BCUT2D eigenvalue weighted by atomic mass is 10.0. The zero-order chi connectivity index (χ0) is 19.1. The van der Waals surface area contributed by atoms with Crippen molar-refractivity contribution in [1.82, 2.24) is 0 Å². The monoisotopic (exact) mass is 364 g/mol. The van der Waals surface area contributed by atoms with Crippen LogP contribution in [-0.4, -0.2) is 11.1 Å². The van der Waals surface area contributed by atoms with Gasteiger partial charge < -0.3 is 5.11 Å². The van der Waals surface area contributed by atoms with E-state index in [1.54, 1.807) is 0 Å². The van der Waals surface area contributed by atoms with Gasteiger partial charge in [-0.05, 0) is 32.1 Å². The second-order valence-electron chi connectivity index (χ2n) is 7.50. The highest BCUT2D eigenvalue weighted by Gasteiger charge is 1.97. The molecule has 0 aliphatic carbocycles. The number of carboxylic acid groups (broad SMARTS) is 1. The Morgan fingerprint density at radius 2 is 1.04 bits per heavy atom. The molecule has 0 atom stereocenters. The topological polar surface area (TPSA) is 37.3 Å². The van der Waals surface area contributed by atoms with Gasteiger partial charge >= 0.3 is 5.97 Å². The summed E-state index contributed by atoms with van der Waals surface area (Å²) in [5.74, 6) is -0.656. The first-order valence-electron chi connectivity index (χ1n) is 11.3. The van der Waals surface area contributed by atoms with E-state index in [0.29, 0.717) is 6.42 Å². The molecular weight excluding hydrogens is 320 g/mol. The third kappa shape index (κ3) is 22.9. The number of allylic oxidation sites excluding steroid dienone is 4. The molecule has 0 fully saturated rings. The van der Waals surface area contributed by atoms with Gasteiger partial charge in [0, 0.05) is 6.42 Å². The van der Waals surface area contributed by atoms with Gasteiger partial charge in [0.2, 0.25) is 0 Å². The first kappa shape index (κ1) is 24.9. The summed E-state index contributed by atoms with van der Waals surface area (Å²) in [5, 5.41) is 8.57. The van der Waals surface area contributed by atoms with Gasteiger partial charge in [-0.2, -0.15) is 0 Å². The highest BCUT2D eigenvalue weighted by molar-refractivity contribution is 5.66. The maximum absolute atomic E-state index is 10.4. The summed E-state index contributed by atoms with van der Waals surface area (Å²) in [6.45, 7) is 2.22. The minimum Gasteiger partial charge on any atom is -0.481 e. The van der Waals surface area contributed by atoms with E-state index in [1.807, 2.05) is 0 Å². The molecule has 0 bridgehead atoms. The zero-order valence-corrected chi connectivity index (χ0v) is 17.4. The first-order valence-corrected chi connectivity index (χ1v) is 11.3. The normalized spacial score (nSPS) is 11.7. The Morgan fingerprint density at radius 1 is 0.615 bits per heavy atom. The van der Waals surface area contributed by atoms with Crippen molar-refractivity contribution >= 4 is 5.97 Å². The molecule has 0 heterocycles. The van der Waals surface area contributed by atoms with Crippen LogP contribution in [0.4, 0.5) is 0 Å². The fourth-order valence-corrected chi connectivity index (χ4v) is 3.16. The van der Waals surface area contributed by atoms with Crippen molar-refractivity contribution in [3.05, 3.63) is 24.3 Å². The molecule has 0 spiro atoms. The van der Waals surface area contributed by atoms with Crippen LogP contribution in [0.5, 0.6) is 0 Å². The molecule has 0 aromatic rings. The summed E-state index contributed by atoms with van der Waals surface area (Å²) in [6.07, 6.45) is 31.1. The summed E-state index contributed by atoms with van der Waals surface area (Å²) in [5.41, 5.74) is 0. The number of aliphatic carboxylic acids is 1. The standard InChI is InChI=1S/C24H44O2/c1-2-3-4-5-6-7-8-9-10-11-12-13-14-15-16-17-18-19-20-21-22-23-24(25)26/h4-5,7-8H,2-3,6,9-23H2,1H3,(H,25,26). The Hall–Kier alpha value is -1.05. The SMILES string of the molecule is CCCC=CCC=CCCCCCCCCCCCCCCCC(=O)O. The lowest BCUT2D eigenvalue weighted by Gasteiger charge is -2.03. The quantitative estimate of drug-likeness (QED) is 0.174. The Morgan fingerprint density at radius 3 is 1.50 bits per heavy atom. The molecule has 0 saturated heterocycles. The highest BCUT2D eigenvalue weighted by Crippen LogP contribution is 2.13. The molecule has 0 aliphatic rings. The molecule has 0 rings (SSSR count). The van der Waals surface area contributed by atoms with Crippen LogP contribution in [0.25, 0.3) is 0 Å². The van der Waals surface area contributed by atoms with Gasteiger partial charge in [-0.15, -0.1) is 0 Å². The van der Waals surface area contributed by atoms with E-state index in [-0.39, 0.29) is 0 Å². The molecule has 0 amide bonds. The van der Waals surface area contributed by atoms with Crippen molar-refractivity contribution in [3.63, 3.8) is 0 Å². The van der Waals surface area contributed by atoms with Crippen LogP contribution in [0.3, 0.4) is 0 Å². The Bertz CT molecular complexity index is 344. The maximum atomic E-state index is 10.4. The third-order valence-electron chi connectivity index (χ3n) is 4.82. The molecule has 26 heavy (non-hydrogen) atoms. The second-order valence-corrected chi connectivity index (χ2v) is 7.50. The van der Waals surface area contributed by atoms with Crippen LogP contribution in [0.15, 0.2) is 24.3 Å². The minimum atomic E-state index is -0.656. The summed E-state index contributed by atoms with van der Waals surface area (Å²) < 4.78 is 0. The van der Waals surface area contributed by atoms with Crippen LogP contribution in [0, 0.1) is 0 Å². The molecule has 0 aromatic carbocycles. The number of hydrogen-bond acceptors (Lipinski definition) is 1. The van der Waals surface area contributed by atoms with Gasteiger partial charge in [0.1, 0.15) is 0 Å². The van der Waals surface area contributed by atoms with E-state index in [1.165, 1.54) is 89.9 Å². The summed E-state index contributed by atoms with van der Waals surface area (Å²) in [7, 11) is 0. The first-order chi connectivity index (χ1) is 12.8. The maximum Gasteiger partial charge on any atom is 0.303 e. The number of carboxylic acids is 1. The van der Waals surface area contributed by atoms with Crippen LogP contribution in [0.2, 0.25) is 0 Å². The minimum absolute atomic E-state index is 0.340. The summed E-state index contributed by atoms with van der Waals surface area (Å²) >= 11 is 0. The largest absolute Gasteiger partial charge is 0.481 e. The van der Waals surface area contributed by atoms with E-state index >= 15 is 0 Å². The molecule has 2 heteroatoms. The summed E-state index contributed by atoms with van der Waals surface area (Å²) in [6, 6.07) is 0. The van der Waals surface area contributed by atoms with E-state index in [9.17, 15) is 4.79 Å². The number of hydrogen-bond donors (Lipinski definition) is 1. The molecular formula is C24H44O2. The predicted molar refractivity (Wildman–Crippen MR) is 115 cm³/mol. The Kier molecular flexibility index (Phi) is 21.1. The van der Waals surface area contributed by atoms with Crippen molar-refractivity contribution in [2.75, 3.05) is 0 Å². The molecule has 0 aromatic heterocycles. The lowest BCUT2D eigenvalue weighted by molar-refractivity contribution is -0.137. The van der Waals surface area contributed by atoms with Gasteiger partial charge in [-0.1, -0.05) is 108 Å². The smallest absolute Gasteiger partial charge is 0.303 e. The van der Waals surface area contributed by atoms with E-state index < -0.39 is 5.97 Å². The van der Waals surface area contributed by atoms with Crippen LogP contribution >= 0.6 is 0 Å². The third-order valence-corrected chi connectivity index (χ3v) is 4.82. The molecule has 1 N–H and O–H groups in total. The van der Waals surface area contributed by atoms with Gasteiger partial charge in [-0.25, -0.2) is 0 Å². The van der Waals surface area contributed by atoms with E-state index in [4.69, 9.17) is 5.11 Å². The fourth-order valence-electron chi connectivity index (χ4n) is 3.16. The molecule has 0 radical (unpaired) electrons. The lowest BCUT2D eigenvalue weighted by Crippen LogP contribution is -1.93. The van der Waals surface area contributed by atoms with Gasteiger partial charge in [0.25, 0.3) is 0 Å².